The molecule has 0 aliphatic rings. The van der Waals surface area contributed by atoms with Gasteiger partial charge in [0.1, 0.15) is 10.7 Å². The Bertz CT molecular complexity index is 500. The van der Waals surface area contributed by atoms with E-state index in [1.807, 2.05) is 20.1 Å². The SMILES string of the molecule is CSCCNS(=O)(=O)c1cc(CNC(C)C)oc1Br. The Kier molecular flexibility index (Phi) is 6.89. The third-order valence-electron chi connectivity index (χ3n) is 2.28. The molecule has 1 aromatic heterocycles. The van der Waals surface area contributed by atoms with Crippen LogP contribution in [-0.4, -0.2) is 33.0 Å². The smallest absolute Gasteiger partial charge is 0.244 e. The van der Waals surface area contributed by atoms with E-state index in [9.17, 15) is 8.42 Å². The van der Waals surface area contributed by atoms with Crippen LogP contribution < -0.4 is 10.0 Å². The summed E-state index contributed by atoms with van der Waals surface area (Å²) in [6.07, 6.45) is 1.93. The molecule has 5 nitrogen and oxygen atoms in total. The summed E-state index contributed by atoms with van der Waals surface area (Å²) >= 11 is 4.74. The van der Waals surface area contributed by atoms with Crippen molar-refractivity contribution < 1.29 is 12.8 Å². The first-order valence-corrected chi connectivity index (χ1v) is 9.54. The monoisotopic (exact) mass is 370 g/mol. The highest BCUT2D eigenvalue weighted by Crippen LogP contribution is 2.26. The van der Waals surface area contributed by atoms with Crippen LogP contribution >= 0.6 is 27.7 Å². The van der Waals surface area contributed by atoms with Crippen LogP contribution in [0, 0.1) is 0 Å². The molecule has 8 heteroatoms. The van der Waals surface area contributed by atoms with E-state index in [-0.39, 0.29) is 9.56 Å². The first-order chi connectivity index (χ1) is 8.86. The number of hydrogen-bond acceptors (Lipinski definition) is 5. The van der Waals surface area contributed by atoms with Crippen molar-refractivity contribution in [3.05, 3.63) is 16.5 Å². The van der Waals surface area contributed by atoms with Gasteiger partial charge in [0.25, 0.3) is 0 Å². The van der Waals surface area contributed by atoms with Gasteiger partial charge in [-0.2, -0.15) is 11.8 Å². The number of thioether (sulfide) groups is 1. The van der Waals surface area contributed by atoms with Gasteiger partial charge in [0.2, 0.25) is 10.0 Å². The molecule has 0 unspecified atom stereocenters. The van der Waals surface area contributed by atoms with Crippen LogP contribution in [-0.2, 0) is 16.6 Å². The molecule has 1 heterocycles. The van der Waals surface area contributed by atoms with Gasteiger partial charge in [-0.1, -0.05) is 13.8 Å². The Morgan fingerprint density at radius 2 is 2.16 bits per heavy atom. The van der Waals surface area contributed by atoms with Crippen molar-refractivity contribution in [3.8, 4) is 0 Å². The maximum atomic E-state index is 12.0. The number of halogens is 1. The highest BCUT2D eigenvalue weighted by molar-refractivity contribution is 9.10. The summed E-state index contributed by atoms with van der Waals surface area (Å²) in [5, 5.41) is 3.17. The Labute approximate surface area is 127 Å². The fourth-order valence-corrected chi connectivity index (χ4v) is 3.79. The second kappa shape index (κ2) is 7.68. The molecule has 0 saturated heterocycles. The second-order valence-electron chi connectivity index (χ2n) is 4.28. The number of hydrogen-bond donors (Lipinski definition) is 2. The van der Waals surface area contributed by atoms with Crippen molar-refractivity contribution >= 4 is 37.7 Å². The molecule has 0 atom stereocenters. The lowest BCUT2D eigenvalue weighted by molar-refractivity contribution is 0.447. The third-order valence-corrected chi connectivity index (χ3v) is 5.21. The Balaban J connectivity index is 2.77. The van der Waals surface area contributed by atoms with Crippen molar-refractivity contribution in [2.24, 2.45) is 0 Å². The van der Waals surface area contributed by atoms with Gasteiger partial charge in [-0.15, -0.1) is 0 Å². The summed E-state index contributed by atoms with van der Waals surface area (Å²) < 4.78 is 32.3. The van der Waals surface area contributed by atoms with Crippen LogP contribution in [0.5, 0.6) is 0 Å². The van der Waals surface area contributed by atoms with Crippen molar-refractivity contribution in [1.82, 2.24) is 10.0 Å². The topological polar surface area (TPSA) is 71.3 Å². The predicted octanol–water partition coefficient (Wildman–Crippen LogP) is 2.18. The highest BCUT2D eigenvalue weighted by Gasteiger charge is 2.21. The Hall–Kier alpha value is -0.0200. The lowest BCUT2D eigenvalue weighted by atomic mass is 10.3. The van der Waals surface area contributed by atoms with E-state index in [4.69, 9.17) is 4.42 Å². The van der Waals surface area contributed by atoms with E-state index in [1.165, 1.54) is 0 Å². The third kappa shape index (κ3) is 5.47. The minimum absolute atomic E-state index is 0.147. The van der Waals surface area contributed by atoms with Crippen LogP contribution in [0.2, 0.25) is 0 Å². The quantitative estimate of drug-likeness (QED) is 0.686. The van der Waals surface area contributed by atoms with Crippen LogP contribution in [0.25, 0.3) is 0 Å². The van der Waals surface area contributed by atoms with E-state index in [1.54, 1.807) is 17.8 Å². The summed E-state index contributed by atoms with van der Waals surface area (Å²) in [7, 11) is -3.51. The largest absolute Gasteiger partial charge is 0.452 e. The molecular weight excluding hydrogens is 352 g/mol. The first-order valence-electron chi connectivity index (χ1n) is 5.87. The van der Waals surface area contributed by atoms with Gasteiger partial charge < -0.3 is 9.73 Å². The molecular formula is C11H19BrN2O3S2. The lowest BCUT2D eigenvalue weighted by Crippen LogP contribution is -2.26. The molecule has 0 bridgehead atoms. The predicted molar refractivity (Wildman–Crippen MR) is 82.0 cm³/mol. The van der Waals surface area contributed by atoms with E-state index in [0.717, 1.165) is 5.75 Å². The number of furan rings is 1. The lowest BCUT2D eigenvalue weighted by Gasteiger charge is -2.04. The molecule has 0 saturated carbocycles. The average Bonchev–Trinajstić information content (AvgIpc) is 2.69. The maximum Gasteiger partial charge on any atom is 0.244 e. The average molecular weight is 371 g/mol. The second-order valence-corrected chi connectivity index (χ2v) is 7.72. The van der Waals surface area contributed by atoms with Crippen LogP contribution in [0.3, 0.4) is 0 Å². The zero-order chi connectivity index (χ0) is 14.5. The van der Waals surface area contributed by atoms with Crippen molar-refractivity contribution in [3.63, 3.8) is 0 Å². The molecule has 1 aromatic rings. The highest BCUT2D eigenvalue weighted by atomic mass is 79.9. The molecule has 0 aromatic carbocycles. The van der Waals surface area contributed by atoms with Gasteiger partial charge in [0, 0.05) is 24.4 Å². The minimum atomic E-state index is -3.51. The summed E-state index contributed by atoms with van der Waals surface area (Å²) in [5.41, 5.74) is 0. The molecule has 0 aliphatic carbocycles. The van der Waals surface area contributed by atoms with Gasteiger partial charge in [0.15, 0.2) is 4.67 Å². The van der Waals surface area contributed by atoms with Crippen molar-refractivity contribution in [2.45, 2.75) is 31.3 Å². The summed E-state index contributed by atoms with van der Waals surface area (Å²) in [6.45, 7) is 4.93. The molecule has 0 amide bonds. The molecule has 0 radical (unpaired) electrons. The molecule has 0 aliphatic heterocycles. The first kappa shape index (κ1) is 17.0. The summed E-state index contributed by atoms with van der Waals surface area (Å²) in [4.78, 5) is 0.147. The molecule has 2 N–H and O–H groups in total. The van der Waals surface area contributed by atoms with Gasteiger partial charge >= 0.3 is 0 Å². The molecule has 0 fully saturated rings. The fraction of sp³-hybridized carbons (Fsp3) is 0.636. The van der Waals surface area contributed by atoms with E-state index in [0.29, 0.717) is 24.9 Å². The molecule has 0 spiro atoms. The van der Waals surface area contributed by atoms with Crippen LogP contribution in [0.1, 0.15) is 19.6 Å². The molecule has 19 heavy (non-hydrogen) atoms. The molecule has 1 rings (SSSR count). The normalized spacial score (nSPS) is 12.3. The standard InChI is InChI=1S/C11H19BrN2O3S2/c1-8(2)13-7-9-6-10(11(12)17-9)19(15,16)14-4-5-18-3/h6,8,13-14H,4-5,7H2,1-3H3. The zero-order valence-corrected chi connectivity index (χ0v) is 14.4. The summed E-state index contributed by atoms with van der Waals surface area (Å²) in [5.74, 6) is 1.32. The summed E-state index contributed by atoms with van der Waals surface area (Å²) in [6, 6.07) is 1.85. The van der Waals surface area contributed by atoms with E-state index in [2.05, 4.69) is 26.0 Å². The van der Waals surface area contributed by atoms with Crippen molar-refractivity contribution in [1.29, 1.82) is 0 Å². The van der Waals surface area contributed by atoms with E-state index >= 15 is 0 Å². The number of rotatable bonds is 8. The van der Waals surface area contributed by atoms with Crippen LogP contribution in [0.15, 0.2) is 20.0 Å². The number of sulfonamides is 1. The van der Waals surface area contributed by atoms with E-state index < -0.39 is 10.0 Å². The Morgan fingerprint density at radius 1 is 1.47 bits per heavy atom. The van der Waals surface area contributed by atoms with Crippen molar-refractivity contribution in [2.75, 3.05) is 18.6 Å². The van der Waals surface area contributed by atoms with Gasteiger partial charge in [-0.05, 0) is 22.2 Å². The molecule has 110 valence electrons. The zero-order valence-electron chi connectivity index (χ0n) is 11.2. The van der Waals surface area contributed by atoms with Gasteiger partial charge in [-0.3, -0.25) is 0 Å². The maximum absolute atomic E-state index is 12.0. The van der Waals surface area contributed by atoms with Gasteiger partial charge in [-0.25, -0.2) is 13.1 Å². The van der Waals surface area contributed by atoms with Crippen LogP contribution in [0.4, 0.5) is 0 Å². The minimum Gasteiger partial charge on any atom is -0.452 e. The number of nitrogens with one attached hydrogen (secondary N) is 2. The van der Waals surface area contributed by atoms with Gasteiger partial charge in [0.05, 0.1) is 6.54 Å². The Morgan fingerprint density at radius 3 is 2.74 bits per heavy atom. The fourth-order valence-electron chi connectivity index (χ4n) is 1.33.